The second kappa shape index (κ2) is 20.6. The summed E-state index contributed by atoms with van der Waals surface area (Å²) in [5.41, 5.74) is -1.04. The van der Waals surface area contributed by atoms with Gasteiger partial charge in [0.2, 0.25) is 0 Å². The van der Waals surface area contributed by atoms with Crippen molar-refractivity contribution in [3.8, 4) is 0 Å². The van der Waals surface area contributed by atoms with Crippen LogP contribution in [0.15, 0.2) is 35.3 Å². The van der Waals surface area contributed by atoms with E-state index in [2.05, 4.69) is 0 Å². The highest BCUT2D eigenvalue weighted by Crippen LogP contribution is 2.29. The minimum absolute atomic E-state index is 0. The molecule has 0 bridgehead atoms. The van der Waals surface area contributed by atoms with Gasteiger partial charge in [0, 0.05) is 39.3 Å². The summed E-state index contributed by atoms with van der Waals surface area (Å²) in [5, 5.41) is 0. The molecule has 0 aromatic heterocycles. The van der Waals surface area contributed by atoms with E-state index in [4.69, 9.17) is 14.2 Å². The quantitative estimate of drug-likeness (QED) is 0.393. The third-order valence-corrected chi connectivity index (χ3v) is 5.59. The smallest absolute Gasteiger partial charge is 0.378 e. The van der Waals surface area contributed by atoms with Gasteiger partial charge in [-0.05, 0) is 20.8 Å². The Labute approximate surface area is 226 Å². The molecule has 0 spiro atoms. The molecule has 0 radical (unpaired) electrons. The Balaban J connectivity index is -0.000000497. The summed E-state index contributed by atoms with van der Waals surface area (Å²) in [5.74, 6) is 0. The lowest BCUT2D eigenvalue weighted by Gasteiger charge is -2.31. The first kappa shape index (κ1) is 42.2. The van der Waals surface area contributed by atoms with E-state index in [0.717, 1.165) is 12.2 Å². The summed E-state index contributed by atoms with van der Waals surface area (Å²) in [4.78, 5) is 4.26. The Kier molecular flexibility index (Phi) is 21.7. The van der Waals surface area contributed by atoms with Gasteiger partial charge in [0.25, 0.3) is 6.08 Å². The van der Waals surface area contributed by atoms with Crippen molar-refractivity contribution in [3.63, 3.8) is 0 Å². The lowest BCUT2D eigenvalue weighted by molar-refractivity contribution is -0.119. The number of rotatable bonds is 3. The second-order valence-electron chi connectivity index (χ2n) is 7.99. The second-order valence-corrected chi connectivity index (χ2v) is 7.99. The maximum Gasteiger partial charge on any atom is 0.430 e. The molecular formula is C23H38F11N3O3. The van der Waals surface area contributed by atoms with E-state index in [9.17, 15) is 35.1 Å². The van der Waals surface area contributed by atoms with Crippen molar-refractivity contribution in [1.29, 1.82) is 0 Å². The van der Waals surface area contributed by atoms with E-state index < -0.39 is 29.8 Å². The van der Waals surface area contributed by atoms with Crippen molar-refractivity contribution in [2.24, 2.45) is 0 Å². The molecule has 240 valence electrons. The molecule has 3 aliphatic rings. The van der Waals surface area contributed by atoms with Crippen LogP contribution in [0.25, 0.3) is 0 Å². The van der Waals surface area contributed by atoms with Crippen molar-refractivity contribution < 1.29 is 63.4 Å². The Morgan fingerprint density at radius 2 is 0.800 bits per heavy atom. The highest BCUT2D eigenvalue weighted by Gasteiger charge is 2.38. The molecule has 3 rings (SSSR count). The normalized spacial score (nSPS) is 18.4. The fourth-order valence-corrected chi connectivity index (χ4v) is 3.68. The molecule has 0 aromatic rings. The highest BCUT2D eigenvalue weighted by molar-refractivity contribution is 5.08. The summed E-state index contributed by atoms with van der Waals surface area (Å²) in [6, 6.07) is 0. The van der Waals surface area contributed by atoms with Crippen molar-refractivity contribution in [1.82, 2.24) is 14.7 Å². The summed E-state index contributed by atoms with van der Waals surface area (Å²) < 4.78 is 113. The highest BCUT2D eigenvalue weighted by atomic mass is 19.4. The number of nitrogens with zero attached hydrogens (tertiary/aromatic N) is 3. The van der Waals surface area contributed by atoms with E-state index in [0.29, 0.717) is 78.9 Å². The third-order valence-electron chi connectivity index (χ3n) is 5.59. The van der Waals surface area contributed by atoms with Gasteiger partial charge in [0.05, 0.1) is 45.3 Å². The molecular weight excluding hydrogens is 575 g/mol. The molecule has 0 unspecified atom stereocenters. The average molecular weight is 614 g/mol. The Bertz CT molecular complexity index is 709. The van der Waals surface area contributed by atoms with Crippen molar-refractivity contribution in [3.05, 3.63) is 35.3 Å². The van der Waals surface area contributed by atoms with Crippen molar-refractivity contribution in [2.75, 3.05) is 78.9 Å². The van der Waals surface area contributed by atoms with Crippen LogP contribution in [0.1, 0.15) is 20.8 Å². The van der Waals surface area contributed by atoms with Crippen molar-refractivity contribution in [2.45, 2.75) is 33.1 Å². The SMILES string of the molecule is C/C=C(/N1CCOCC1)C(F)(F)F.C/C=C(/N1CCOCC1)C(F)(F)F.CC(=C(F)F)N1CCOCC1.F.F.F. The topological polar surface area (TPSA) is 37.4 Å². The number of alkyl halides is 6. The van der Waals surface area contributed by atoms with Crippen molar-refractivity contribution >= 4 is 0 Å². The first-order chi connectivity index (χ1) is 17.3. The van der Waals surface area contributed by atoms with Gasteiger partial charge in [-0.2, -0.15) is 35.1 Å². The molecule has 0 N–H and O–H groups in total. The molecule has 3 fully saturated rings. The van der Waals surface area contributed by atoms with Gasteiger partial charge >= 0.3 is 12.4 Å². The van der Waals surface area contributed by atoms with Crippen LogP contribution in [0.4, 0.5) is 49.2 Å². The predicted molar refractivity (Wildman–Crippen MR) is 129 cm³/mol. The van der Waals surface area contributed by atoms with Gasteiger partial charge < -0.3 is 28.9 Å². The Morgan fingerprint density at radius 3 is 1.00 bits per heavy atom. The zero-order valence-corrected chi connectivity index (χ0v) is 22.5. The van der Waals surface area contributed by atoms with Crippen LogP contribution in [0, 0.1) is 0 Å². The molecule has 0 aliphatic carbocycles. The summed E-state index contributed by atoms with van der Waals surface area (Å²) in [7, 11) is 0. The maximum absolute atomic E-state index is 12.4. The van der Waals surface area contributed by atoms with Gasteiger partial charge in [-0.25, -0.2) is 0 Å². The standard InChI is InChI=1S/2C8H12F3NO.C7H11F2NO.3FH/c2*1-2-7(8(9,10)11)12-3-5-13-6-4-12;1-6(7(8)9)10-2-4-11-5-3-10;;;/h2*2H,3-6H2,1H3;2-5H2,1H3;3*1H/b2*7-2+;;;;. The number of hydrogen-bond acceptors (Lipinski definition) is 6. The van der Waals surface area contributed by atoms with E-state index in [1.54, 1.807) is 4.90 Å². The molecule has 6 nitrogen and oxygen atoms in total. The maximum atomic E-state index is 12.4. The van der Waals surface area contributed by atoms with Gasteiger partial charge in [-0.1, -0.05) is 12.2 Å². The molecule has 0 saturated carbocycles. The average Bonchev–Trinajstić information content (AvgIpc) is 2.85. The Hall–Kier alpha value is -2.27. The van der Waals surface area contributed by atoms with E-state index in [1.165, 1.54) is 30.6 Å². The first-order valence-corrected chi connectivity index (χ1v) is 11.8. The van der Waals surface area contributed by atoms with Crippen LogP contribution in [0.5, 0.6) is 0 Å². The van der Waals surface area contributed by atoms with E-state index in [-0.39, 0.29) is 19.8 Å². The van der Waals surface area contributed by atoms with Gasteiger partial charge in [0.1, 0.15) is 11.4 Å². The predicted octanol–water partition coefficient (Wildman–Crippen LogP) is 5.47. The Morgan fingerprint density at radius 1 is 0.550 bits per heavy atom. The number of allylic oxidation sites excluding steroid dienone is 5. The first-order valence-electron chi connectivity index (χ1n) is 11.8. The van der Waals surface area contributed by atoms with Gasteiger partial charge in [0.15, 0.2) is 0 Å². The number of morpholine rings is 3. The zero-order valence-electron chi connectivity index (χ0n) is 22.5. The summed E-state index contributed by atoms with van der Waals surface area (Å²) in [6.07, 6.45) is -7.87. The molecule has 0 atom stereocenters. The molecule has 0 amide bonds. The van der Waals surface area contributed by atoms with Crippen LogP contribution in [-0.4, -0.2) is 106 Å². The monoisotopic (exact) mass is 613 g/mol. The van der Waals surface area contributed by atoms with E-state index in [1.807, 2.05) is 0 Å². The lowest BCUT2D eigenvalue weighted by atomic mass is 10.3. The van der Waals surface area contributed by atoms with Gasteiger partial charge in [-0.3, -0.25) is 14.1 Å². The van der Waals surface area contributed by atoms with Crippen LogP contribution in [-0.2, 0) is 14.2 Å². The third kappa shape index (κ3) is 14.9. The molecule has 40 heavy (non-hydrogen) atoms. The lowest BCUT2D eigenvalue weighted by Crippen LogP contribution is -2.40. The summed E-state index contributed by atoms with van der Waals surface area (Å²) >= 11 is 0. The largest absolute Gasteiger partial charge is 0.430 e. The minimum atomic E-state index is -4.24. The molecule has 3 aliphatic heterocycles. The molecule has 3 saturated heterocycles. The van der Waals surface area contributed by atoms with Gasteiger partial charge in [-0.15, -0.1) is 0 Å². The zero-order chi connectivity index (χ0) is 28.1. The summed E-state index contributed by atoms with van der Waals surface area (Å²) in [6.45, 7) is 9.22. The molecule has 17 heteroatoms. The fraction of sp³-hybridized carbons (Fsp3) is 0.739. The molecule has 3 heterocycles. The number of hydrogen-bond donors (Lipinski definition) is 0. The number of ether oxygens (including phenoxy) is 3. The van der Waals surface area contributed by atoms with Crippen LogP contribution < -0.4 is 0 Å². The minimum Gasteiger partial charge on any atom is -0.378 e. The van der Waals surface area contributed by atoms with Crippen LogP contribution >= 0.6 is 0 Å². The fourth-order valence-electron chi connectivity index (χ4n) is 3.68. The number of halogens is 11. The molecule has 0 aromatic carbocycles. The van der Waals surface area contributed by atoms with Crippen LogP contribution in [0.3, 0.4) is 0 Å². The van der Waals surface area contributed by atoms with E-state index >= 15 is 0 Å². The van der Waals surface area contributed by atoms with Crippen LogP contribution in [0.2, 0.25) is 0 Å².